The summed E-state index contributed by atoms with van der Waals surface area (Å²) in [4.78, 5) is 0. The van der Waals surface area contributed by atoms with E-state index >= 15 is 0 Å². The summed E-state index contributed by atoms with van der Waals surface area (Å²) in [6.07, 6.45) is -4.49. The maximum Gasteiger partial charge on any atom is 0.416 e. The Bertz CT molecular complexity index is 359. The summed E-state index contributed by atoms with van der Waals surface area (Å²) in [5, 5.41) is 0. The molecular weight excluding hydrogens is 215 g/mol. The highest BCUT2D eigenvalue weighted by atomic mass is 19.4. The summed E-state index contributed by atoms with van der Waals surface area (Å²) in [6.45, 7) is 1.81. The molecule has 0 spiro atoms. The predicted octanol–water partition coefficient (Wildman–Crippen LogP) is 4.13. The van der Waals surface area contributed by atoms with Crippen LogP contribution in [0.5, 0.6) is 0 Å². The third-order valence-corrected chi connectivity index (χ3v) is 2.04. The fourth-order valence-electron chi connectivity index (χ4n) is 1.25. The van der Waals surface area contributed by atoms with E-state index in [0.29, 0.717) is 13.0 Å². The van der Waals surface area contributed by atoms with Crippen LogP contribution in [0.15, 0.2) is 18.2 Å². The standard InChI is InChI=1S/C10H9F5/c1-6-5-7(9(2,11)12)3-4-8(6)10(13,14)15/h3-5H,1-2H3. The van der Waals surface area contributed by atoms with Crippen molar-refractivity contribution in [2.45, 2.75) is 25.9 Å². The summed E-state index contributed by atoms with van der Waals surface area (Å²) in [7, 11) is 0. The molecule has 0 aromatic heterocycles. The van der Waals surface area contributed by atoms with Crippen molar-refractivity contribution in [2.75, 3.05) is 0 Å². The van der Waals surface area contributed by atoms with E-state index in [9.17, 15) is 22.0 Å². The zero-order chi connectivity index (χ0) is 11.9. The van der Waals surface area contributed by atoms with Crippen molar-refractivity contribution >= 4 is 0 Å². The molecule has 0 saturated carbocycles. The van der Waals surface area contributed by atoms with E-state index in [0.717, 1.165) is 19.1 Å². The summed E-state index contributed by atoms with van der Waals surface area (Å²) in [6, 6.07) is 2.35. The first-order chi connectivity index (χ1) is 6.62. The molecule has 0 radical (unpaired) electrons. The summed E-state index contributed by atoms with van der Waals surface area (Å²) < 4.78 is 62.4. The number of benzene rings is 1. The zero-order valence-corrected chi connectivity index (χ0v) is 8.12. The minimum atomic E-state index is -4.49. The Morgan fingerprint density at radius 3 is 1.87 bits per heavy atom. The summed E-state index contributed by atoms with van der Waals surface area (Å²) in [5.41, 5.74) is -1.48. The van der Waals surface area contributed by atoms with Crippen molar-refractivity contribution in [1.82, 2.24) is 0 Å². The molecule has 0 saturated heterocycles. The van der Waals surface area contributed by atoms with Crippen molar-refractivity contribution in [3.63, 3.8) is 0 Å². The molecule has 15 heavy (non-hydrogen) atoms. The first-order valence-corrected chi connectivity index (χ1v) is 4.18. The van der Waals surface area contributed by atoms with Gasteiger partial charge in [0.2, 0.25) is 0 Å². The van der Waals surface area contributed by atoms with Crippen LogP contribution in [-0.4, -0.2) is 0 Å². The molecule has 1 aromatic carbocycles. The molecule has 0 nitrogen and oxygen atoms in total. The smallest absolute Gasteiger partial charge is 0.202 e. The van der Waals surface area contributed by atoms with Gasteiger partial charge in [0.25, 0.3) is 5.92 Å². The number of alkyl halides is 5. The molecule has 0 aliphatic rings. The Hall–Kier alpha value is -1.13. The van der Waals surface area contributed by atoms with Crippen molar-refractivity contribution in [1.29, 1.82) is 0 Å². The van der Waals surface area contributed by atoms with Crippen molar-refractivity contribution in [3.05, 3.63) is 34.9 Å². The minimum Gasteiger partial charge on any atom is -0.202 e. The molecule has 0 bridgehead atoms. The molecule has 0 fully saturated rings. The van der Waals surface area contributed by atoms with Crippen LogP contribution in [0, 0.1) is 6.92 Å². The predicted molar refractivity (Wildman–Crippen MR) is 45.7 cm³/mol. The monoisotopic (exact) mass is 224 g/mol. The first kappa shape index (κ1) is 11.9. The Kier molecular flexibility index (Phi) is 2.76. The Balaban J connectivity index is 3.21. The Morgan fingerprint density at radius 1 is 1.00 bits per heavy atom. The van der Waals surface area contributed by atoms with Crippen LogP contribution in [0.4, 0.5) is 22.0 Å². The van der Waals surface area contributed by atoms with Gasteiger partial charge in [-0.15, -0.1) is 0 Å². The van der Waals surface area contributed by atoms with E-state index in [-0.39, 0.29) is 5.56 Å². The van der Waals surface area contributed by atoms with Crippen LogP contribution in [0.3, 0.4) is 0 Å². The number of aryl methyl sites for hydroxylation is 1. The van der Waals surface area contributed by atoms with Gasteiger partial charge in [0, 0.05) is 12.5 Å². The fourth-order valence-corrected chi connectivity index (χ4v) is 1.25. The summed E-state index contributed by atoms with van der Waals surface area (Å²) in [5.74, 6) is -3.12. The van der Waals surface area contributed by atoms with Crippen molar-refractivity contribution in [2.24, 2.45) is 0 Å². The lowest BCUT2D eigenvalue weighted by molar-refractivity contribution is -0.138. The first-order valence-electron chi connectivity index (χ1n) is 4.18. The van der Waals surface area contributed by atoms with Gasteiger partial charge in [-0.2, -0.15) is 13.2 Å². The number of hydrogen-bond acceptors (Lipinski definition) is 0. The van der Waals surface area contributed by atoms with Crippen LogP contribution in [0.2, 0.25) is 0 Å². The minimum absolute atomic E-state index is 0.193. The Morgan fingerprint density at radius 2 is 1.53 bits per heavy atom. The van der Waals surface area contributed by atoms with Gasteiger partial charge < -0.3 is 0 Å². The highest BCUT2D eigenvalue weighted by molar-refractivity contribution is 5.34. The molecule has 0 aliphatic carbocycles. The second kappa shape index (κ2) is 3.47. The molecule has 0 unspecified atom stereocenters. The molecule has 0 N–H and O–H groups in total. The number of halogens is 5. The van der Waals surface area contributed by atoms with E-state index in [2.05, 4.69) is 0 Å². The highest BCUT2D eigenvalue weighted by Crippen LogP contribution is 2.35. The van der Waals surface area contributed by atoms with Crippen LogP contribution < -0.4 is 0 Å². The van der Waals surface area contributed by atoms with Crippen molar-refractivity contribution in [3.8, 4) is 0 Å². The topological polar surface area (TPSA) is 0 Å². The lowest BCUT2D eigenvalue weighted by atomic mass is 10.0. The zero-order valence-electron chi connectivity index (χ0n) is 8.12. The lowest BCUT2D eigenvalue weighted by Gasteiger charge is -2.15. The Labute approximate surface area is 83.7 Å². The molecule has 0 amide bonds. The fraction of sp³-hybridized carbons (Fsp3) is 0.400. The third kappa shape index (κ3) is 2.67. The van der Waals surface area contributed by atoms with E-state index in [4.69, 9.17) is 0 Å². The van der Waals surface area contributed by atoms with E-state index in [1.165, 1.54) is 0 Å². The average Bonchev–Trinajstić information content (AvgIpc) is 1.99. The second-order valence-corrected chi connectivity index (χ2v) is 3.42. The van der Waals surface area contributed by atoms with Gasteiger partial charge in [0.1, 0.15) is 0 Å². The van der Waals surface area contributed by atoms with Gasteiger partial charge in [-0.05, 0) is 24.6 Å². The van der Waals surface area contributed by atoms with Gasteiger partial charge in [-0.1, -0.05) is 6.07 Å². The maximum absolute atomic E-state index is 12.8. The van der Waals surface area contributed by atoms with E-state index in [1.807, 2.05) is 0 Å². The molecule has 1 rings (SSSR count). The quantitative estimate of drug-likeness (QED) is 0.629. The van der Waals surface area contributed by atoms with Crippen LogP contribution in [0.25, 0.3) is 0 Å². The van der Waals surface area contributed by atoms with Gasteiger partial charge in [-0.25, -0.2) is 8.78 Å². The van der Waals surface area contributed by atoms with Gasteiger partial charge >= 0.3 is 6.18 Å². The molecule has 1 aromatic rings. The van der Waals surface area contributed by atoms with Crippen LogP contribution in [0.1, 0.15) is 23.6 Å². The third-order valence-electron chi connectivity index (χ3n) is 2.04. The van der Waals surface area contributed by atoms with Gasteiger partial charge in [0.05, 0.1) is 5.56 Å². The molecule has 0 atom stereocenters. The SMILES string of the molecule is Cc1cc(C(C)(F)F)ccc1C(F)(F)F. The molecule has 84 valence electrons. The van der Waals surface area contributed by atoms with Crippen LogP contribution in [-0.2, 0) is 12.1 Å². The largest absolute Gasteiger partial charge is 0.416 e. The molecule has 0 aliphatic heterocycles. The molecule has 0 heterocycles. The average molecular weight is 224 g/mol. The van der Waals surface area contributed by atoms with Gasteiger partial charge in [-0.3, -0.25) is 0 Å². The van der Waals surface area contributed by atoms with Crippen molar-refractivity contribution < 1.29 is 22.0 Å². The molecule has 5 heteroatoms. The normalized spacial score (nSPS) is 13.0. The number of rotatable bonds is 1. The molecular formula is C10H9F5. The maximum atomic E-state index is 12.8. The van der Waals surface area contributed by atoms with E-state index < -0.39 is 23.2 Å². The highest BCUT2D eigenvalue weighted by Gasteiger charge is 2.33. The summed E-state index contributed by atoms with van der Waals surface area (Å²) >= 11 is 0. The van der Waals surface area contributed by atoms with E-state index in [1.54, 1.807) is 0 Å². The lowest BCUT2D eigenvalue weighted by Crippen LogP contribution is -2.11. The van der Waals surface area contributed by atoms with Crippen LogP contribution >= 0.6 is 0 Å². The number of hydrogen-bond donors (Lipinski definition) is 0. The van der Waals surface area contributed by atoms with Gasteiger partial charge in [0.15, 0.2) is 0 Å². The second-order valence-electron chi connectivity index (χ2n) is 3.42.